The molecule has 0 saturated heterocycles. The molecule has 0 fully saturated rings. The highest BCUT2D eigenvalue weighted by atomic mass is 35.5. The Bertz CT molecular complexity index is 673. The summed E-state index contributed by atoms with van der Waals surface area (Å²) in [5, 5.41) is 3.66. The van der Waals surface area contributed by atoms with Crippen molar-refractivity contribution >= 4 is 23.3 Å². The molecule has 2 aromatic carbocycles. The molecule has 1 N–H and O–H groups in total. The lowest BCUT2D eigenvalue weighted by Crippen LogP contribution is -2.35. The lowest BCUT2D eigenvalue weighted by Gasteiger charge is -2.23. The van der Waals surface area contributed by atoms with Crippen molar-refractivity contribution in [2.75, 3.05) is 11.9 Å². The van der Waals surface area contributed by atoms with E-state index in [0.29, 0.717) is 11.6 Å². The fourth-order valence-electron chi connectivity index (χ4n) is 3.23. The van der Waals surface area contributed by atoms with E-state index in [1.54, 1.807) is 12.1 Å². The molecular formula is C24H33ClN2O. The third kappa shape index (κ3) is 8.79. The van der Waals surface area contributed by atoms with Crippen molar-refractivity contribution in [2.45, 2.75) is 64.8 Å². The van der Waals surface area contributed by atoms with E-state index < -0.39 is 0 Å². The van der Waals surface area contributed by atoms with Crippen molar-refractivity contribution in [2.24, 2.45) is 0 Å². The number of anilines is 1. The molecule has 0 saturated carbocycles. The van der Waals surface area contributed by atoms with E-state index >= 15 is 0 Å². The van der Waals surface area contributed by atoms with Crippen molar-refractivity contribution in [3.05, 3.63) is 65.2 Å². The zero-order chi connectivity index (χ0) is 20.0. The lowest BCUT2D eigenvalue weighted by molar-refractivity contribution is 0.207. The third-order valence-corrected chi connectivity index (χ3v) is 5.13. The van der Waals surface area contributed by atoms with Crippen LogP contribution in [0.5, 0.6) is 0 Å². The van der Waals surface area contributed by atoms with E-state index in [0.717, 1.165) is 24.2 Å². The average molecular weight is 401 g/mol. The van der Waals surface area contributed by atoms with E-state index in [1.807, 2.05) is 35.2 Å². The number of carbonyl (C=O) groups is 1. The lowest BCUT2D eigenvalue weighted by atomic mass is 10.1. The van der Waals surface area contributed by atoms with Crippen LogP contribution in [0.25, 0.3) is 0 Å². The molecule has 0 spiro atoms. The maximum Gasteiger partial charge on any atom is 0.322 e. The minimum Gasteiger partial charge on any atom is -0.320 e. The molecule has 4 heteroatoms. The van der Waals surface area contributed by atoms with E-state index in [2.05, 4.69) is 24.4 Å². The van der Waals surface area contributed by atoms with Gasteiger partial charge in [0.25, 0.3) is 0 Å². The third-order valence-electron chi connectivity index (χ3n) is 4.88. The first-order valence-electron chi connectivity index (χ1n) is 10.5. The van der Waals surface area contributed by atoms with Crippen LogP contribution < -0.4 is 5.32 Å². The number of amides is 2. The number of nitrogens with one attached hydrogen (secondary N) is 1. The fourth-order valence-corrected chi connectivity index (χ4v) is 3.35. The zero-order valence-electron chi connectivity index (χ0n) is 17.0. The molecule has 0 aliphatic heterocycles. The molecule has 0 atom stereocenters. The van der Waals surface area contributed by atoms with Crippen molar-refractivity contribution < 1.29 is 4.79 Å². The van der Waals surface area contributed by atoms with Gasteiger partial charge in [0.1, 0.15) is 0 Å². The van der Waals surface area contributed by atoms with E-state index in [4.69, 9.17) is 11.6 Å². The SMILES string of the molecule is CCCCCCCCCCN(Cc1ccccc1)C(=O)Nc1ccc(Cl)cc1. The monoisotopic (exact) mass is 400 g/mol. The van der Waals surface area contributed by atoms with E-state index in [1.165, 1.54) is 44.9 Å². The highest BCUT2D eigenvalue weighted by Gasteiger charge is 2.14. The number of urea groups is 1. The minimum atomic E-state index is -0.0610. The van der Waals surface area contributed by atoms with Gasteiger partial charge in [-0.2, -0.15) is 0 Å². The average Bonchev–Trinajstić information content (AvgIpc) is 2.71. The first kappa shape index (κ1) is 22.3. The van der Waals surface area contributed by atoms with Crippen LogP contribution >= 0.6 is 11.6 Å². The zero-order valence-corrected chi connectivity index (χ0v) is 17.8. The van der Waals surface area contributed by atoms with Crippen LogP contribution in [0.2, 0.25) is 5.02 Å². The second-order valence-corrected chi connectivity index (χ2v) is 7.76. The summed E-state index contributed by atoms with van der Waals surface area (Å²) in [5.41, 5.74) is 1.91. The van der Waals surface area contributed by atoms with Gasteiger partial charge in [-0.05, 0) is 36.2 Å². The van der Waals surface area contributed by atoms with Crippen molar-refractivity contribution in [3.63, 3.8) is 0 Å². The molecule has 0 radical (unpaired) electrons. The summed E-state index contributed by atoms with van der Waals surface area (Å²) in [6.07, 6.45) is 10.1. The normalized spacial score (nSPS) is 10.6. The highest BCUT2D eigenvalue weighted by Crippen LogP contribution is 2.16. The van der Waals surface area contributed by atoms with Crippen LogP contribution in [-0.4, -0.2) is 17.5 Å². The van der Waals surface area contributed by atoms with Crippen LogP contribution in [0.1, 0.15) is 63.9 Å². The Balaban J connectivity index is 1.84. The highest BCUT2D eigenvalue weighted by molar-refractivity contribution is 6.30. The first-order chi connectivity index (χ1) is 13.7. The van der Waals surface area contributed by atoms with Crippen molar-refractivity contribution in [1.82, 2.24) is 4.90 Å². The number of carbonyl (C=O) groups excluding carboxylic acids is 1. The molecule has 0 heterocycles. The molecular weight excluding hydrogens is 368 g/mol. The van der Waals surface area contributed by atoms with E-state index in [-0.39, 0.29) is 6.03 Å². The number of unbranched alkanes of at least 4 members (excludes halogenated alkanes) is 7. The Hall–Kier alpha value is -2.00. The Labute approximate surface area is 175 Å². The molecule has 0 aliphatic carbocycles. The smallest absolute Gasteiger partial charge is 0.320 e. The number of benzene rings is 2. The molecule has 152 valence electrons. The molecule has 28 heavy (non-hydrogen) atoms. The number of halogens is 1. The van der Waals surface area contributed by atoms with Gasteiger partial charge in [0.2, 0.25) is 0 Å². The Morgan fingerprint density at radius 1 is 0.857 bits per heavy atom. The molecule has 0 unspecified atom stereocenters. The Morgan fingerprint density at radius 2 is 1.46 bits per heavy atom. The summed E-state index contributed by atoms with van der Waals surface area (Å²) in [6.45, 7) is 3.64. The van der Waals surface area contributed by atoms with Crippen LogP contribution in [0.15, 0.2) is 54.6 Å². The Kier molecular flexibility index (Phi) is 10.5. The summed E-state index contributed by atoms with van der Waals surface area (Å²) >= 11 is 5.93. The summed E-state index contributed by atoms with van der Waals surface area (Å²) < 4.78 is 0. The number of rotatable bonds is 12. The van der Waals surface area contributed by atoms with Crippen molar-refractivity contribution in [3.8, 4) is 0 Å². The summed E-state index contributed by atoms with van der Waals surface area (Å²) in [7, 11) is 0. The van der Waals surface area contributed by atoms with Crippen molar-refractivity contribution in [1.29, 1.82) is 0 Å². The molecule has 0 aliphatic rings. The number of hydrogen-bond acceptors (Lipinski definition) is 1. The number of nitrogens with zero attached hydrogens (tertiary/aromatic N) is 1. The van der Waals surface area contributed by atoms with Gasteiger partial charge in [-0.3, -0.25) is 0 Å². The van der Waals surface area contributed by atoms with Crippen LogP contribution in [0, 0.1) is 0 Å². The van der Waals surface area contributed by atoms with Gasteiger partial charge in [-0.25, -0.2) is 4.79 Å². The molecule has 0 aromatic heterocycles. The van der Waals surface area contributed by atoms with Crippen LogP contribution in [0.4, 0.5) is 10.5 Å². The fraction of sp³-hybridized carbons (Fsp3) is 0.458. The topological polar surface area (TPSA) is 32.3 Å². The minimum absolute atomic E-state index is 0.0610. The predicted molar refractivity (Wildman–Crippen MR) is 120 cm³/mol. The van der Waals surface area contributed by atoms with E-state index in [9.17, 15) is 4.79 Å². The quantitative estimate of drug-likeness (QED) is 0.367. The summed E-state index contributed by atoms with van der Waals surface area (Å²) in [5.74, 6) is 0. The predicted octanol–water partition coefficient (Wildman–Crippen LogP) is 7.51. The van der Waals surface area contributed by atoms with Gasteiger partial charge < -0.3 is 10.2 Å². The molecule has 2 rings (SSSR count). The van der Waals surface area contributed by atoms with Crippen LogP contribution in [-0.2, 0) is 6.54 Å². The standard InChI is InChI=1S/C24H33ClN2O/c1-2-3-4-5-6-7-8-12-19-27(20-21-13-10-9-11-14-21)24(28)26-23-17-15-22(25)16-18-23/h9-11,13-18H,2-8,12,19-20H2,1H3,(H,26,28). The summed E-state index contributed by atoms with van der Waals surface area (Å²) in [4.78, 5) is 14.7. The van der Waals surface area contributed by atoms with Gasteiger partial charge in [-0.1, -0.05) is 93.8 Å². The first-order valence-corrected chi connectivity index (χ1v) is 10.9. The second-order valence-electron chi connectivity index (χ2n) is 7.32. The second kappa shape index (κ2) is 13.2. The molecule has 3 nitrogen and oxygen atoms in total. The van der Waals surface area contributed by atoms with Crippen LogP contribution in [0.3, 0.4) is 0 Å². The van der Waals surface area contributed by atoms with Gasteiger partial charge in [0.05, 0.1) is 0 Å². The van der Waals surface area contributed by atoms with Gasteiger partial charge in [0, 0.05) is 23.8 Å². The maximum atomic E-state index is 12.8. The van der Waals surface area contributed by atoms with Gasteiger partial charge in [0.15, 0.2) is 0 Å². The molecule has 2 amide bonds. The van der Waals surface area contributed by atoms with Gasteiger partial charge in [-0.15, -0.1) is 0 Å². The van der Waals surface area contributed by atoms with Gasteiger partial charge >= 0.3 is 6.03 Å². The largest absolute Gasteiger partial charge is 0.322 e. The number of hydrogen-bond donors (Lipinski definition) is 1. The molecule has 0 bridgehead atoms. The summed E-state index contributed by atoms with van der Waals surface area (Å²) in [6, 6.07) is 17.3. The Morgan fingerprint density at radius 3 is 2.11 bits per heavy atom. The molecule has 2 aromatic rings. The maximum absolute atomic E-state index is 12.8.